The minimum atomic E-state index is -0.467. The molecule has 0 atom stereocenters. The summed E-state index contributed by atoms with van der Waals surface area (Å²) >= 11 is 0. The number of phenolic OH excluding ortho intramolecular Hbond substituents is 1. The number of nitro groups is 1. The molecule has 0 spiro atoms. The molecule has 0 fully saturated rings. The number of nitrogens with zero attached hydrogens (tertiary/aromatic N) is 1. The minimum Gasteiger partial charge on any atom is -0.508 e. The molecule has 6 aromatic carbocycles. The summed E-state index contributed by atoms with van der Waals surface area (Å²) in [4.78, 5) is 9.94. The lowest BCUT2D eigenvalue weighted by atomic mass is 9.98. The maximum absolute atomic E-state index is 10.4. The van der Waals surface area contributed by atoms with Crippen molar-refractivity contribution in [3.05, 3.63) is 175 Å². The van der Waals surface area contributed by atoms with Crippen LogP contribution in [0.3, 0.4) is 0 Å². The van der Waals surface area contributed by atoms with Gasteiger partial charge in [0.1, 0.15) is 34.2 Å². The monoisotopic (exact) mass is 1150 g/mol. The molecule has 0 heterocycles. The Morgan fingerprint density at radius 3 is 1.27 bits per heavy atom. The van der Waals surface area contributed by atoms with Crippen molar-refractivity contribution in [1.29, 1.82) is 0 Å². The van der Waals surface area contributed by atoms with Gasteiger partial charge in [0, 0.05) is 17.7 Å². The van der Waals surface area contributed by atoms with Gasteiger partial charge in [0.05, 0.1) is 33.4 Å². The van der Waals surface area contributed by atoms with E-state index >= 15 is 0 Å². The van der Waals surface area contributed by atoms with Gasteiger partial charge >= 0.3 is 0 Å². The fraction of sp³-hybridized carbons (Fsp3) is 0.507. The maximum Gasteiger partial charge on any atom is 0.269 e. The zero-order chi connectivity index (χ0) is 62.5. The summed E-state index contributed by atoms with van der Waals surface area (Å²) in [6.07, 6.45) is 0. The Morgan fingerprint density at radius 2 is 0.867 bits per heavy atom. The maximum atomic E-state index is 10.4. The van der Waals surface area contributed by atoms with Crippen molar-refractivity contribution in [2.24, 2.45) is 0 Å². The Hall–Kier alpha value is -6.68. The standard InChI is InChI=1S/C14H22O.C13H20O.C12H18O3.C11H16O.C10H14.C9H11NO3.C2H6.2CH4/c1-10(2)12-8-7-11(3)9-13(12)15-14(4,5)6;1-10(2)11-8-6-7-9-12(11)14-13(3,4)5;1-8(2)9-6-10(13-3)12(15-5)11(7-9)14-4;1-8(2)11-6-5-10(12-4)7-9(11)3;1-8(2)10-6-4-9(3)5-7-10;1-6(2)8-5-7(10(12)13)3-4-9(8)11;1-2;;/h7-10H,1-6H3;6-10H,1-5H3;6-8H,1-5H3;5-8H,1-4H3;4-8H,1-3H3;3-6,11H,1-2H3;1-2H3;2*1H4. The largest absolute Gasteiger partial charge is 0.508 e. The van der Waals surface area contributed by atoms with Crippen LogP contribution in [0.2, 0.25) is 0 Å². The normalized spacial score (nSPS) is 10.5. The molecule has 0 aromatic heterocycles. The van der Waals surface area contributed by atoms with Gasteiger partial charge < -0.3 is 33.5 Å². The lowest BCUT2D eigenvalue weighted by Crippen LogP contribution is -2.23. The van der Waals surface area contributed by atoms with E-state index in [2.05, 4.69) is 198 Å². The molecule has 0 aliphatic carbocycles. The highest BCUT2D eigenvalue weighted by atomic mass is 16.6. The molecule has 1 N–H and O–H groups in total. The second-order valence-electron chi connectivity index (χ2n) is 23.5. The molecular formula is C73H115NO9. The average molecular weight is 1150 g/mol. The number of para-hydroxylation sites is 1. The van der Waals surface area contributed by atoms with E-state index in [-0.39, 0.29) is 43.4 Å². The topological polar surface area (TPSA) is 119 Å². The summed E-state index contributed by atoms with van der Waals surface area (Å²) in [7, 11) is 6.56. The van der Waals surface area contributed by atoms with Gasteiger partial charge in [0.25, 0.3) is 5.69 Å². The number of hydrogen-bond acceptors (Lipinski definition) is 9. The zero-order valence-corrected chi connectivity index (χ0v) is 55.1. The van der Waals surface area contributed by atoms with Crippen molar-refractivity contribution in [1.82, 2.24) is 0 Å². The minimum absolute atomic E-state index is 0. The Kier molecular flexibility index (Phi) is 38.6. The third-order valence-electron chi connectivity index (χ3n) is 12.2. The van der Waals surface area contributed by atoms with Crippen molar-refractivity contribution in [2.45, 2.75) is 221 Å². The van der Waals surface area contributed by atoms with Gasteiger partial charge in [0.15, 0.2) is 11.5 Å². The first-order valence-electron chi connectivity index (χ1n) is 28.8. The molecule has 6 aromatic rings. The third kappa shape index (κ3) is 30.4. The SMILES string of the molecule is C.C.CC.CC(C)c1cc([N+](=O)[O-])ccc1O.CC(C)c1ccccc1OC(C)(C)C.COc1cc(C(C)C)cc(OC)c1OC.COc1ccc(C(C)C)c(C)c1.Cc1ccc(C(C)C)c(OC(C)(C)C)c1.Cc1ccc(C(C)C)cc1. The fourth-order valence-corrected chi connectivity index (χ4v) is 7.84. The van der Waals surface area contributed by atoms with E-state index in [9.17, 15) is 15.2 Å². The van der Waals surface area contributed by atoms with Crippen molar-refractivity contribution < 1.29 is 38.5 Å². The second-order valence-corrected chi connectivity index (χ2v) is 23.5. The highest BCUT2D eigenvalue weighted by Gasteiger charge is 2.18. The van der Waals surface area contributed by atoms with Gasteiger partial charge in [-0.2, -0.15) is 0 Å². The fourth-order valence-electron chi connectivity index (χ4n) is 7.84. The summed E-state index contributed by atoms with van der Waals surface area (Å²) in [5, 5.41) is 19.8. The Bertz CT molecular complexity index is 2700. The Morgan fingerprint density at radius 1 is 0.434 bits per heavy atom. The van der Waals surface area contributed by atoms with Crippen molar-refractivity contribution in [3.63, 3.8) is 0 Å². The zero-order valence-electron chi connectivity index (χ0n) is 55.1. The number of non-ortho nitro benzene ring substituents is 1. The highest BCUT2D eigenvalue weighted by molar-refractivity contribution is 5.54. The van der Waals surface area contributed by atoms with Gasteiger partial charge in [-0.3, -0.25) is 10.1 Å². The number of hydrogen-bond donors (Lipinski definition) is 1. The first kappa shape index (κ1) is 80.5. The van der Waals surface area contributed by atoms with Crippen LogP contribution in [0.25, 0.3) is 0 Å². The van der Waals surface area contributed by atoms with Crippen LogP contribution in [-0.4, -0.2) is 49.7 Å². The lowest BCUT2D eigenvalue weighted by Gasteiger charge is -2.24. The van der Waals surface area contributed by atoms with Crippen molar-refractivity contribution >= 4 is 5.69 Å². The van der Waals surface area contributed by atoms with E-state index in [1.807, 2.05) is 58.0 Å². The number of rotatable bonds is 13. The number of benzene rings is 6. The first-order chi connectivity index (χ1) is 37.7. The molecular weight excluding hydrogens is 1030 g/mol. The van der Waals surface area contributed by atoms with Crippen LogP contribution in [0.15, 0.2) is 115 Å². The lowest BCUT2D eigenvalue weighted by molar-refractivity contribution is -0.385. The molecule has 0 saturated heterocycles. The number of aromatic hydroxyl groups is 1. The van der Waals surface area contributed by atoms with Gasteiger partial charge in [0.2, 0.25) is 5.75 Å². The van der Waals surface area contributed by atoms with Crippen LogP contribution >= 0.6 is 0 Å². The molecule has 0 bridgehead atoms. The van der Waals surface area contributed by atoms with E-state index in [1.165, 1.54) is 62.7 Å². The molecule has 83 heavy (non-hydrogen) atoms. The van der Waals surface area contributed by atoms with Gasteiger partial charge in [-0.1, -0.05) is 178 Å². The van der Waals surface area contributed by atoms with Gasteiger partial charge in [-0.15, -0.1) is 0 Å². The molecule has 6 rings (SSSR count). The number of nitro benzene ring substituents is 1. The summed E-state index contributed by atoms with van der Waals surface area (Å²) in [5.41, 5.74) is 10.8. The van der Waals surface area contributed by atoms with Gasteiger partial charge in [-0.05, 0) is 179 Å². The second kappa shape index (κ2) is 39.7. The van der Waals surface area contributed by atoms with E-state index < -0.39 is 4.92 Å². The van der Waals surface area contributed by atoms with Crippen LogP contribution in [0.4, 0.5) is 5.69 Å². The van der Waals surface area contributed by atoms with Crippen LogP contribution in [-0.2, 0) is 0 Å². The van der Waals surface area contributed by atoms with E-state index in [4.69, 9.17) is 28.4 Å². The van der Waals surface area contributed by atoms with Crippen LogP contribution in [0.5, 0.6) is 40.2 Å². The summed E-state index contributed by atoms with van der Waals surface area (Å²) < 4.78 is 32.8. The molecule has 10 heteroatoms. The first-order valence-corrected chi connectivity index (χ1v) is 28.8. The smallest absolute Gasteiger partial charge is 0.269 e. The molecule has 0 saturated carbocycles. The third-order valence-corrected chi connectivity index (χ3v) is 12.2. The number of aryl methyl sites for hydroxylation is 3. The number of ether oxygens (including phenoxy) is 6. The highest BCUT2D eigenvalue weighted by Crippen LogP contribution is 2.40. The van der Waals surface area contributed by atoms with Crippen LogP contribution in [0.1, 0.15) is 239 Å². The number of methoxy groups -OCH3 is 4. The van der Waals surface area contributed by atoms with Crippen molar-refractivity contribution in [2.75, 3.05) is 28.4 Å². The predicted octanol–water partition coefficient (Wildman–Crippen LogP) is 22.1. The Balaban J connectivity index is -0.000000919. The quantitative estimate of drug-likeness (QED) is 0.0891. The van der Waals surface area contributed by atoms with E-state index in [0.717, 1.165) is 17.2 Å². The average Bonchev–Trinajstić information content (AvgIpc) is 3.38. The van der Waals surface area contributed by atoms with Crippen LogP contribution < -0.4 is 28.4 Å². The summed E-state index contributed by atoms with van der Waals surface area (Å²) in [6.45, 7) is 48.4. The van der Waals surface area contributed by atoms with E-state index in [0.29, 0.717) is 52.4 Å². The van der Waals surface area contributed by atoms with Gasteiger partial charge in [-0.25, -0.2) is 0 Å². The van der Waals surface area contributed by atoms with Crippen LogP contribution in [0, 0.1) is 30.9 Å². The molecule has 0 aliphatic heterocycles. The number of phenols is 1. The summed E-state index contributed by atoms with van der Waals surface area (Å²) in [6, 6.07) is 37.6. The molecule has 10 nitrogen and oxygen atoms in total. The molecule has 0 amide bonds. The van der Waals surface area contributed by atoms with E-state index in [1.54, 1.807) is 28.4 Å². The predicted molar refractivity (Wildman–Crippen MR) is 357 cm³/mol. The molecule has 0 aliphatic rings. The van der Waals surface area contributed by atoms with Crippen molar-refractivity contribution in [3.8, 4) is 40.2 Å². The Labute approximate surface area is 506 Å². The molecule has 466 valence electrons. The molecule has 0 radical (unpaired) electrons. The summed E-state index contributed by atoms with van der Waals surface area (Å²) in [5.74, 6) is 7.92. The molecule has 0 unspecified atom stereocenters.